The van der Waals surface area contributed by atoms with Crippen LogP contribution in [0.4, 0.5) is 4.79 Å². The minimum absolute atomic E-state index is 0.0935. The molecule has 5 nitrogen and oxygen atoms in total. The lowest BCUT2D eigenvalue weighted by Gasteiger charge is -2.29. The highest BCUT2D eigenvalue weighted by atomic mass is 32.1. The molecule has 1 aromatic heterocycles. The summed E-state index contributed by atoms with van der Waals surface area (Å²) in [4.78, 5) is 15.0. The quantitative estimate of drug-likeness (QED) is 0.916. The highest BCUT2D eigenvalue weighted by Crippen LogP contribution is 2.30. The van der Waals surface area contributed by atoms with E-state index in [1.54, 1.807) is 23.3 Å². The van der Waals surface area contributed by atoms with Crippen molar-refractivity contribution in [3.8, 4) is 11.5 Å². The third-order valence-corrected chi connectivity index (χ3v) is 4.56. The van der Waals surface area contributed by atoms with E-state index in [1.165, 1.54) is 4.88 Å². The molecule has 122 valence electrons. The number of rotatable bonds is 5. The molecular weight excluding hydrogens is 312 g/mol. The van der Waals surface area contributed by atoms with Gasteiger partial charge in [-0.2, -0.15) is 0 Å². The van der Waals surface area contributed by atoms with E-state index < -0.39 is 0 Å². The van der Waals surface area contributed by atoms with Crippen molar-refractivity contribution in [3.05, 3.63) is 46.7 Å². The first-order valence-corrected chi connectivity index (χ1v) is 8.50. The number of nitrogens with zero attached hydrogens (tertiary/aromatic N) is 1. The van der Waals surface area contributed by atoms with Gasteiger partial charge in [0.25, 0.3) is 0 Å². The predicted octanol–water partition coefficient (Wildman–Crippen LogP) is 2.77. The summed E-state index contributed by atoms with van der Waals surface area (Å²) in [6.45, 7) is 1.57. The van der Waals surface area contributed by atoms with E-state index in [4.69, 9.17) is 9.47 Å². The van der Waals surface area contributed by atoms with Gasteiger partial charge in [0.05, 0.1) is 6.54 Å². The van der Waals surface area contributed by atoms with Gasteiger partial charge in [-0.15, -0.1) is 11.3 Å². The highest BCUT2D eigenvalue weighted by Gasteiger charge is 2.23. The first kappa shape index (κ1) is 15.7. The van der Waals surface area contributed by atoms with Crippen LogP contribution < -0.4 is 14.8 Å². The highest BCUT2D eigenvalue weighted by molar-refractivity contribution is 7.09. The van der Waals surface area contributed by atoms with Crippen LogP contribution in [0.25, 0.3) is 0 Å². The van der Waals surface area contributed by atoms with Gasteiger partial charge in [0, 0.05) is 18.5 Å². The van der Waals surface area contributed by atoms with Gasteiger partial charge in [0.1, 0.15) is 6.61 Å². The van der Waals surface area contributed by atoms with E-state index >= 15 is 0 Å². The Kier molecular flexibility index (Phi) is 5.02. The predicted molar refractivity (Wildman–Crippen MR) is 90.4 cm³/mol. The number of ether oxygens (including phenoxy) is 2. The molecule has 23 heavy (non-hydrogen) atoms. The molecular formula is C17H20N2O3S. The van der Waals surface area contributed by atoms with Crippen molar-refractivity contribution in [2.75, 3.05) is 26.7 Å². The topological polar surface area (TPSA) is 50.8 Å². The number of hydrogen-bond acceptors (Lipinski definition) is 4. The largest absolute Gasteiger partial charge is 0.486 e. The Hall–Kier alpha value is -2.21. The maximum absolute atomic E-state index is 12.1. The number of nitrogens with one attached hydrogen (secondary N) is 1. The molecule has 2 heterocycles. The summed E-state index contributed by atoms with van der Waals surface area (Å²) in [5, 5.41) is 4.97. The molecule has 6 heteroatoms. The zero-order chi connectivity index (χ0) is 16.1. The van der Waals surface area contributed by atoms with Crippen molar-refractivity contribution in [2.45, 2.75) is 12.5 Å². The van der Waals surface area contributed by atoms with Crippen LogP contribution in [-0.4, -0.2) is 43.8 Å². The summed E-state index contributed by atoms with van der Waals surface area (Å²) in [7, 11) is 1.77. The van der Waals surface area contributed by atoms with Gasteiger partial charge in [0.2, 0.25) is 0 Å². The van der Waals surface area contributed by atoms with Crippen molar-refractivity contribution in [3.63, 3.8) is 0 Å². The molecule has 0 aliphatic carbocycles. The molecule has 0 radical (unpaired) electrons. The first-order chi connectivity index (χ1) is 11.2. The fourth-order valence-corrected chi connectivity index (χ4v) is 3.13. The first-order valence-electron chi connectivity index (χ1n) is 7.62. The number of carbonyl (C=O) groups is 1. The van der Waals surface area contributed by atoms with Gasteiger partial charge < -0.3 is 19.7 Å². The molecule has 0 spiro atoms. The molecule has 1 aliphatic heterocycles. The zero-order valence-corrected chi connectivity index (χ0v) is 13.8. The standard InChI is InChI=1S/C17H20N2O3S/c1-19(17(20)18-9-8-14-5-4-10-23-14)11-13-12-21-15-6-2-3-7-16(15)22-13/h2-7,10,13H,8-9,11-12H2,1H3,(H,18,20)/t13-/m0/s1. The van der Waals surface area contributed by atoms with Gasteiger partial charge in [-0.25, -0.2) is 4.79 Å². The zero-order valence-electron chi connectivity index (χ0n) is 13.0. The third-order valence-electron chi connectivity index (χ3n) is 3.62. The molecule has 0 fully saturated rings. The number of thiophene rings is 1. The Morgan fingerprint density at radius 2 is 2.13 bits per heavy atom. The fourth-order valence-electron chi connectivity index (χ4n) is 2.42. The Morgan fingerprint density at radius 3 is 2.91 bits per heavy atom. The molecule has 0 saturated heterocycles. The smallest absolute Gasteiger partial charge is 0.317 e. The monoisotopic (exact) mass is 332 g/mol. The number of amides is 2. The molecule has 2 amide bonds. The number of para-hydroxylation sites is 2. The maximum Gasteiger partial charge on any atom is 0.317 e. The minimum atomic E-state index is -0.155. The molecule has 0 bridgehead atoms. The lowest BCUT2D eigenvalue weighted by Crippen LogP contribution is -2.45. The lowest BCUT2D eigenvalue weighted by atomic mass is 10.2. The van der Waals surface area contributed by atoms with Crippen LogP contribution in [0.5, 0.6) is 11.5 Å². The summed E-state index contributed by atoms with van der Waals surface area (Å²) < 4.78 is 11.5. The van der Waals surface area contributed by atoms with E-state index in [0.29, 0.717) is 19.7 Å². The summed E-state index contributed by atoms with van der Waals surface area (Å²) in [5.74, 6) is 1.49. The summed E-state index contributed by atoms with van der Waals surface area (Å²) in [6, 6.07) is 11.6. The van der Waals surface area contributed by atoms with Crippen molar-refractivity contribution in [1.29, 1.82) is 0 Å². The van der Waals surface area contributed by atoms with Crippen LogP contribution >= 0.6 is 11.3 Å². The van der Waals surface area contributed by atoms with Crippen molar-refractivity contribution < 1.29 is 14.3 Å². The summed E-state index contributed by atoms with van der Waals surface area (Å²) in [5.41, 5.74) is 0. The van der Waals surface area contributed by atoms with Crippen LogP contribution in [0.2, 0.25) is 0 Å². The Labute approximate surface area is 139 Å². The summed E-state index contributed by atoms with van der Waals surface area (Å²) >= 11 is 1.70. The van der Waals surface area contributed by atoms with Gasteiger partial charge >= 0.3 is 6.03 Å². The second kappa shape index (κ2) is 7.37. The normalized spacial score (nSPS) is 16.0. The van der Waals surface area contributed by atoms with Gasteiger partial charge in [-0.05, 0) is 30.0 Å². The van der Waals surface area contributed by atoms with Gasteiger partial charge in [-0.3, -0.25) is 0 Å². The van der Waals surface area contributed by atoms with Gasteiger partial charge in [0.15, 0.2) is 17.6 Å². The van der Waals surface area contributed by atoms with E-state index in [9.17, 15) is 4.79 Å². The average molecular weight is 332 g/mol. The molecule has 1 N–H and O–H groups in total. The minimum Gasteiger partial charge on any atom is -0.486 e. The Balaban J connectivity index is 1.43. The SMILES string of the molecule is CN(C[C@H]1COc2ccccc2O1)C(=O)NCCc1cccs1. The fraction of sp³-hybridized carbons (Fsp3) is 0.353. The average Bonchev–Trinajstić information content (AvgIpc) is 3.08. The van der Waals surface area contributed by atoms with E-state index in [2.05, 4.69) is 11.4 Å². The number of hydrogen-bond donors (Lipinski definition) is 1. The number of fused-ring (bicyclic) bond motifs is 1. The third kappa shape index (κ3) is 4.16. The molecule has 0 saturated carbocycles. The number of benzene rings is 1. The van der Waals surface area contributed by atoms with Crippen molar-refractivity contribution >= 4 is 17.4 Å². The number of urea groups is 1. The van der Waals surface area contributed by atoms with Crippen LogP contribution in [0, 0.1) is 0 Å². The molecule has 3 rings (SSSR count). The van der Waals surface area contributed by atoms with E-state index in [0.717, 1.165) is 17.9 Å². The molecule has 1 atom stereocenters. The molecule has 1 aromatic carbocycles. The molecule has 1 aliphatic rings. The van der Waals surface area contributed by atoms with Crippen LogP contribution in [0.1, 0.15) is 4.88 Å². The maximum atomic E-state index is 12.1. The molecule has 2 aromatic rings. The second-order valence-corrected chi connectivity index (χ2v) is 6.47. The second-order valence-electron chi connectivity index (χ2n) is 5.44. The van der Waals surface area contributed by atoms with E-state index in [1.807, 2.05) is 35.7 Å². The number of carbonyl (C=O) groups excluding carboxylic acids is 1. The van der Waals surface area contributed by atoms with Crippen molar-refractivity contribution in [1.82, 2.24) is 10.2 Å². The number of likely N-dealkylation sites (N-methyl/N-ethyl adjacent to an activating group) is 1. The van der Waals surface area contributed by atoms with Crippen LogP contribution in [0.15, 0.2) is 41.8 Å². The summed E-state index contributed by atoms with van der Waals surface area (Å²) in [6.07, 6.45) is 0.700. The van der Waals surface area contributed by atoms with E-state index in [-0.39, 0.29) is 12.1 Å². The van der Waals surface area contributed by atoms with Crippen LogP contribution in [0.3, 0.4) is 0 Å². The lowest BCUT2D eigenvalue weighted by molar-refractivity contribution is 0.0716. The Morgan fingerprint density at radius 1 is 1.30 bits per heavy atom. The van der Waals surface area contributed by atoms with Crippen molar-refractivity contribution in [2.24, 2.45) is 0 Å². The molecule has 0 unspecified atom stereocenters. The van der Waals surface area contributed by atoms with Gasteiger partial charge in [-0.1, -0.05) is 18.2 Å². The Bertz CT molecular complexity index is 645. The van der Waals surface area contributed by atoms with Crippen LogP contribution in [-0.2, 0) is 6.42 Å².